The van der Waals surface area contributed by atoms with E-state index in [2.05, 4.69) is 26.8 Å². The van der Waals surface area contributed by atoms with Gasteiger partial charge in [0, 0.05) is 17.7 Å². The van der Waals surface area contributed by atoms with Crippen LogP contribution in [0.2, 0.25) is 0 Å². The van der Waals surface area contributed by atoms with Crippen molar-refractivity contribution in [3.63, 3.8) is 0 Å². The Bertz CT molecular complexity index is 877. The van der Waals surface area contributed by atoms with Gasteiger partial charge < -0.3 is 9.47 Å². The number of amides is 2. The fourth-order valence-electron chi connectivity index (χ4n) is 3.42. The smallest absolute Gasteiger partial charge is 0.276 e. The van der Waals surface area contributed by atoms with Crippen LogP contribution in [0, 0.1) is 13.8 Å². The lowest BCUT2D eigenvalue weighted by atomic mass is 9.73. The minimum absolute atomic E-state index is 0.182. The van der Waals surface area contributed by atoms with E-state index in [1.165, 1.54) is 0 Å². The Balaban J connectivity index is 1.62. The summed E-state index contributed by atoms with van der Waals surface area (Å²) in [6.45, 7) is 4.68. The van der Waals surface area contributed by atoms with E-state index in [0.717, 1.165) is 21.2 Å². The number of carbonyl (C=O) groups excluding carboxylic acids is 2. The number of hydrogen-bond donors (Lipinski definition) is 2. The van der Waals surface area contributed by atoms with E-state index in [1.807, 2.05) is 56.3 Å². The summed E-state index contributed by atoms with van der Waals surface area (Å²) < 4.78 is 12.0. The molecule has 6 nitrogen and oxygen atoms in total. The summed E-state index contributed by atoms with van der Waals surface area (Å²) in [4.78, 5) is 25.3. The number of rotatable bonds is 5. The molecule has 0 saturated carbocycles. The van der Waals surface area contributed by atoms with Crippen LogP contribution in [-0.4, -0.2) is 31.6 Å². The summed E-state index contributed by atoms with van der Waals surface area (Å²) in [5.74, 6) is -0.0114. The molecule has 1 saturated heterocycles. The van der Waals surface area contributed by atoms with Crippen LogP contribution in [0.3, 0.4) is 0 Å². The lowest BCUT2D eigenvalue weighted by molar-refractivity contribution is -0.135. The zero-order valence-electron chi connectivity index (χ0n) is 16.6. The molecular weight excluding hydrogens is 436 g/mol. The van der Waals surface area contributed by atoms with Crippen LogP contribution in [0.15, 0.2) is 46.9 Å². The maximum atomic E-state index is 13.0. The van der Waals surface area contributed by atoms with Crippen molar-refractivity contribution in [1.29, 1.82) is 0 Å². The molecule has 0 spiro atoms. The Morgan fingerprint density at radius 3 is 2.45 bits per heavy atom. The van der Waals surface area contributed by atoms with Gasteiger partial charge in [0.05, 0.1) is 5.41 Å². The third-order valence-corrected chi connectivity index (χ3v) is 5.72. The fourth-order valence-corrected chi connectivity index (χ4v) is 3.69. The van der Waals surface area contributed by atoms with E-state index in [0.29, 0.717) is 31.8 Å². The molecule has 29 heavy (non-hydrogen) atoms. The van der Waals surface area contributed by atoms with Gasteiger partial charge in [-0.15, -0.1) is 0 Å². The molecular formula is C22H25BrN2O4. The monoisotopic (exact) mass is 460 g/mol. The van der Waals surface area contributed by atoms with Crippen molar-refractivity contribution in [2.75, 3.05) is 19.8 Å². The van der Waals surface area contributed by atoms with Gasteiger partial charge in [-0.3, -0.25) is 20.4 Å². The molecule has 0 unspecified atom stereocenters. The minimum atomic E-state index is -0.736. The van der Waals surface area contributed by atoms with Crippen molar-refractivity contribution in [3.05, 3.63) is 63.6 Å². The van der Waals surface area contributed by atoms with Crippen molar-refractivity contribution >= 4 is 27.7 Å². The van der Waals surface area contributed by atoms with Crippen LogP contribution in [-0.2, 0) is 19.7 Å². The molecule has 0 bridgehead atoms. The Morgan fingerprint density at radius 1 is 1.07 bits per heavy atom. The topological polar surface area (TPSA) is 76.7 Å². The molecule has 154 valence electrons. The lowest BCUT2D eigenvalue weighted by Gasteiger charge is -2.36. The number of aryl methyl sites for hydroxylation is 2. The molecule has 1 fully saturated rings. The maximum Gasteiger partial charge on any atom is 0.276 e. The van der Waals surface area contributed by atoms with Gasteiger partial charge in [-0.05, 0) is 61.6 Å². The summed E-state index contributed by atoms with van der Waals surface area (Å²) in [5, 5.41) is 0. The Morgan fingerprint density at radius 2 is 1.76 bits per heavy atom. The molecule has 0 aromatic heterocycles. The second-order valence-electron chi connectivity index (χ2n) is 7.26. The first kappa shape index (κ1) is 21.3. The average molecular weight is 461 g/mol. The highest BCUT2D eigenvalue weighted by atomic mass is 79.9. The molecule has 2 aromatic rings. The number of nitrogens with one attached hydrogen (secondary N) is 2. The van der Waals surface area contributed by atoms with Gasteiger partial charge in [0.2, 0.25) is 5.91 Å². The minimum Gasteiger partial charge on any atom is -0.483 e. The van der Waals surface area contributed by atoms with E-state index in [4.69, 9.17) is 9.47 Å². The van der Waals surface area contributed by atoms with Crippen molar-refractivity contribution in [1.82, 2.24) is 10.9 Å². The number of benzene rings is 2. The molecule has 2 N–H and O–H groups in total. The van der Waals surface area contributed by atoms with E-state index >= 15 is 0 Å². The van der Waals surface area contributed by atoms with Gasteiger partial charge in [0.1, 0.15) is 5.75 Å². The molecule has 1 heterocycles. The van der Waals surface area contributed by atoms with Gasteiger partial charge >= 0.3 is 0 Å². The Kier molecular flexibility index (Phi) is 6.92. The highest BCUT2D eigenvalue weighted by Gasteiger charge is 2.41. The molecule has 0 atom stereocenters. The number of hydrogen-bond acceptors (Lipinski definition) is 4. The fraction of sp³-hybridized carbons (Fsp3) is 0.364. The Labute approximate surface area is 179 Å². The molecule has 2 amide bonds. The molecule has 3 rings (SSSR count). The van der Waals surface area contributed by atoms with E-state index < -0.39 is 11.3 Å². The van der Waals surface area contributed by atoms with Crippen molar-refractivity contribution < 1.29 is 19.1 Å². The molecule has 1 aliphatic heterocycles. The van der Waals surface area contributed by atoms with Crippen molar-refractivity contribution in [3.8, 4) is 5.75 Å². The van der Waals surface area contributed by atoms with Gasteiger partial charge in [0.15, 0.2) is 6.61 Å². The summed E-state index contributed by atoms with van der Waals surface area (Å²) in [7, 11) is 0. The predicted octanol–water partition coefficient (Wildman–Crippen LogP) is 3.34. The second kappa shape index (κ2) is 9.41. The van der Waals surface area contributed by atoms with Crippen molar-refractivity contribution in [2.45, 2.75) is 32.1 Å². The van der Waals surface area contributed by atoms with Crippen LogP contribution >= 0.6 is 15.9 Å². The van der Waals surface area contributed by atoms with E-state index in [-0.39, 0.29) is 12.5 Å². The first-order valence-electron chi connectivity index (χ1n) is 9.54. The zero-order chi connectivity index (χ0) is 20.9. The third-order valence-electron chi connectivity index (χ3n) is 5.20. The first-order valence-corrected chi connectivity index (χ1v) is 10.3. The number of ether oxygens (including phenoxy) is 2. The maximum absolute atomic E-state index is 13.0. The number of halogens is 1. The largest absolute Gasteiger partial charge is 0.483 e. The van der Waals surface area contributed by atoms with Gasteiger partial charge in [-0.25, -0.2) is 0 Å². The summed E-state index contributed by atoms with van der Waals surface area (Å²) >= 11 is 3.42. The zero-order valence-corrected chi connectivity index (χ0v) is 18.2. The molecule has 0 radical (unpaired) electrons. The quantitative estimate of drug-likeness (QED) is 0.670. The molecule has 2 aromatic carbocycles. The van der Waals surface area contributed by atoms with Gasteiger partial charge in [0.25, 0.3) is 5.91 Å². The molecule has 1 aliphatic rings. The van der Waals surface area contributed by atoms with Crippen LogP contribution in [0.5, 0.6) is 5.75 Å². The van der Waals surface area contributed by atoms with Gasteiger partial charge in [-0.2, -0.15) is 0 Å². The van der Waals surface area contributed by atoms with Crippen LogP contribution in [0.4, 0.5) is 0 Å². The predicted molar refractivity (Wildman–Crippen MR) is 114 cm³/mol. The van der Waals surface area contributed by atoms with Crippen LogP contribution in [0.1, 0.15) is 29.5 Å². The first-order chi connectivity index (χ1) is 13.9. The SMILES string of the molecule is Cc1ccc(C)c(OCC(=O)NNC(=O)C2(c3ccc(Br)cc3)CCOCC2)c1. The molecule has 7 heteroatoms. The van der Waals surface area contributed by atoms with Crippen LogP contribution in [0.25, 0.3) is 0 Å². The van der Waals surface area contributed by atoms with Crippen LogP contribution < -0.4 is 15.6 Å². The third kappa shape index (κ3) is 5.16. The standard InChI is InChI=1S/C22H25BrN2O4/c1-15-3-4-16(2)19(13-15)29-14-20(26)24-25-21(27)22(9-11-28-12-10-22)17-5-7-18(23)8-6-17/h3-8,13H,9-12,14H2,1-2H3,(H,24,26)(H,25,27). The highest BCUT2D eigenvalue weighted by molar-refractivity contribution is 9.10. The van der Waals surface area contributed by atoms with Gasteiger partial charge in [-0.1, -0.05) is 40.2 Å². The number of carbonyl (C=O) groups is 2. The van der Waals surface area contributed by atoms with E-state index in [1.54, 1.807) is 0 Å². The number of hydrazine groups is 1. The Hall–Kier alpha value is -2.38. The average Bonchev–Trinajstić information content (AvgIpc) is 2.73. The highest BCUT2D eigenvalue weighted by Crippen LogP contribution is 2.35. The second-order valence-corrected chi connectivity index (χ2v) is 8.18. The summed E-state index contributed by atoms with van der Waals surface area (Å²) in [5.41, 5.74) is 7.23. The lowest BCUT2D eigenvalue weighted by Crippen LogP contribution is -2.54. The summed E-state index contributed by atoms with van der Waals surface area (Å²) in [6.07, 6.45) is 1.10. The molecule has 0 aliphatic carbocycles. The van der Waals surface area contributed by atoms with Crippen molar-refractivity contribution in [2.24, 2.45) is 0 Å². The normalized spacial score (nSPS) is 15.4. The van der Waals surface area contributed by atoms with E-state index in [9.17, 15) is 9.59 Å². The summed E-state index contributed by atoms with van der Waals surface area (Å²) in [6, 6.07) is 13.5.